The summed E-state index contributed by atoms with van der Waals surface area (Å²) in [4.78, 5) is 0. The maximum Gasteiger partial charge on any atom is 0.0784 e. The summed E-state index contributed by atoms with van der Waals surface area (Å²) in [5.41, 5.74) is 0. The molecule has 2 nitrogen and oxygen atoms in total. The summed E-state index contributed by atoms with van der Waals surface area (Å²) in [6.45, 7) is 17.4. The predicted octanol–water partition coefficient (Wildman–Crippen LogP) is 7.42. The molecule has 2 atom stereocenters. The molecule has 28 heavy (non-hydrogen) atoms. The summed E-state index contributed by atoms with van der Waals surface area (Å²) in [6.07, 6.45) is 20.1. The zero-order chi connectivity index (χ0) is 21.1. The van der Waals surface area contributed by atoms with E-state index in [1.54, 1.807) is 0 Å². The summed E-state index contributed by atoms with van der Waals surface area (Å²) in [7, 11) is 4.88. The lowest BCUT2D eigenvalue weighted by atomic mass is 10.0. The minimum atomic E-state index is 1.28. The standard InChI is InChI=1S/C26H58N2/c1-7-23-27(5,9-3)25-21-19-17-15-13-11-12-14-16-18-20-22-26-28(6,10-4)24-8-2/h7-26H2,1-6H3/q+2. The quantitative estimate of drug-likeness (QED) is 0.139. The molecule has 0 amide bonds. The van der Waals surface area contributed by atoms with Crippen molar-refractivity contribution < 1.29 is 8.97 Å². The van der Waals surface area contributed by atoms with Gasteiger partial charge in [0.1, 0.15) is 0 Å². The fourth-order valence-corrected chi connectivity index (χ4v) is 4.69. The zero-order valence-electron chi connectivity index (χ0n) is 21.0. The Hall–Kier alpha value is -0.0800. The molecule has 0 aromatic carbocycles. The van der Waals surface area contributed by atoms with Crippen molar-refractivity contribution in [3.8, 4) is 0 Å². The van der Waals surface area contributed by atoms with Crippen molar-refractivity contribution >= 4 is 0 Å². The van der Waals surface area contributed by atoms with Gasteiger partial charge in [-0.3, -0.25) is 0 Å². The molecule has 0 spiro atoms. The van der Waals surface area contributed by atoms with E-state index in [0.29, 0.717) is 0 Å². The second-order valence-corrected chi connectivity index (χ2v) is 10.0. The molecule has 0 aliphatic heterocycles. The van der Waals surface area contributed by atoms with Gasteiger partial charge in [-0.15, -0.1) is 0 Å². The van der Waals surface area contributed by atoms with Crippen molar-refractivity contribution in [3.05, 3.63) is 0 Å². The highest BCUT2D eigenvalue weighted by atomic mass is 15.3. The zero-order valence-corrected chi connectivity index (χ0v) is 21.0. The summed E-state index contributed by atoms with van der Waals surface area (Å²) in [6, 6.07) is 0. The van der Waals surface area contributed by atoms with E-state index in [-0.39, 0.29) is 0 Å². The first-order valence-corrected chi connectivity index (χ1v) is 13.1. The van der Waals surface area contributed by atoms with Crippen LogP contribution in [0.3, 0.4) is 0 Å². The second kappa shape index (κ2) is 17.8. The molecule has 0 bridgehead atoms. The minimum Gasteiger partial charge on any atom is -0.326 e. The van der Waals surface area contributed by atoms with Crippen molar-refractivity contribution in [1.82, 2.24) is 0 Å². The van der Waals surface area contributed by atoms with Crippen molar-refractivity contribution in [1.29, 1.82) is 0 Å². The third kappa shape index (κ3) is 14.9. The Morgan fingerprint density at radius 3 is 0.821 bits per heavy atom. The molecule has 0 heterocycles. The van der Waals surface area contributed by atoms with Gasteiger partial charge in [0, 0.05) is 0 Å². The van der Waals surface area contributed by atoms with E-state index < -0.39 is 0 Å². The first-order chi connectivity index (χ1) is 13.4. The largest absolute Gasteiger partial charge is 0.326 e. The highest BCUT2D eigenvalue weighted by Crippen LogP contribution is 2.14. The van der Waals surface area contributed by atoms with Crippen LogP contribution < -0.4 is 0 Å². The molecule has 0 aromatic rings. The summed E-state index contributed by atoms with van der Waals surface area (Å²) < 4.78 is 2.57. The third-order valence-electron chi connectivity index (χ3n) is 7.20. The molecular formula is C26H58N2+2. The van der Waals surface area contributed by atoms with Crippen LogP contribution in [0.2, 0.25) is 0 Å². The Morgan fingerprint density at radius 1 is 0.357 bits per heavy atom. The smallest absolute Gasteiger partial charge is 0.0784 e. The van der Waals surface area contributed by atoms with Crippen LogP contribution in [0.5, 0.6) is 0 Å². The Balaban J connectivity index is 3.38. The van der Waals surface area contributed by atoms with Gasteiger partial charge in [0.2, 0.25) is 0 Å². The van der Waals surface area contributed by atoms with Gasteiger partial charge in [0.05, 0.1) is 53.4 Å². The van der Waals surface area contributed by atoms with Crippen LogP contribution in [-0.4, -0.2) is 62.3 Å². The first kappa shape index (κ1) is 27.9. The number of hydrogen-bond donors (Lipinski definition) is 0. The molecule has 0 saturated carbocycles. The summed E-state index contributed by atoms with van der Waals surface area (Å²) in [5.74, 6) is 0. The molecule has 0 radical (unpaired) electrons. The maximum atomic E-state index is 2.44. The molecule has 0 aliphatic carbocycles. The Morgan fingerprint density at radius 2 is 0.607 bits per heavy atom. The fraction of sp³-hybridized carbons (Fsp3) is 1.00. The van der Waals surface area contributed by atoms with Crippen LogP contribution in [0.1, 0.15) is 118 Å². The van der Waals surface area contributed by atoms with Gasteiger partial charge in [-0.25, -0.2) is 0 Å². The average molecular weight is 399 g/mol. The first-order valence-electron chi connectivity index (χ1n) is 13.1. The number of rotatable bonds is 21. The van der Waals surface area contributed by atoms with Crippen molar-refractivity contribution in [2.75, 3.05) is 53.4 Å². The van der Waals surface area contributed by atoms with Crippen molar-refractivity contribution in [2.24, 2.45) is 0 Å². The maximum absolute atomic E-state index is 2.44. The van der Waals surface area contributed by atoms with Gasteiger partial charge in [-0.05, 0) is 52.4 Å². The molecule has 0 aromatic heterocycles. The normalized spacial score (nSPS) is 16.1. The van der Waals surface area contributed by atoms with Gasteiger partial charge in [-0.1, -0.05) is 65.2 Å². The van der Waals surface area contributed by atoms with Gasteiger partial charge in [0.25, 0.3) is 0 Å². The van der Waals surface area contributed by atoms with E-state index in [0.717, 1.165) is 0 Å². The monoisotopic (exact) mass is 398 g/mol. The van der Waals surface area contributed by atoms with Crippen LogP contribution in [-0.2, 0) is 0 Å². The van der Waals surface area contributed by atoms with Crippen molar-refractivity contribution in [2.45, 2.75) is 118 Å². The van der Waals surface area contributed by atoms with Gasteiger partial charge in [0.15, 0.2) is 0 Å². The molecule has 0 saturated heterocycles. The van der Waals surface area contributed by atoms with Crippen LogP contribution in [0.25, 0.3) is 0 Å². The minimum absolute atomic E-state index is 1.28. The number of hydrogen-bond acceptors (Lipinski definition) is 0. The Kier molecular flexibility index (Phi) is 17.7. The molecule has 170 valence electrons. The van der Waals surface area contributed by atoms with Gasteiger partial charge >= 0.3 is 0 Å². The fourth-order valence-electron chi connectivity index (χ4n) is 4.69. The van der Waals surface area contributed by atoms with E-state index >= 15 is 0 Å². The highest BCUT2D eigenvalue weighted by molar-refractivity contribution is 4.50. The van der Waals surface area contributed by atoms with Gasteiger partial charge in [-0.2, -0.15) is 0 Å². The highest BCUT2D eigenvalue weighted by Gasteiger charge is 2.17. The average Bonchev–Trinajstić information content (AvgIpc) is 2.68. The van der Waals surface area contributed by atoms with Crippen molar-refractivity contribution in [3.63, 3.8) is 0 Å². The predicted molar refractivity (Wildman–Crippen MR) is 129 cm³/mol. The molecule has 0 N–H and O–H groups in total. The van der Waals surface area contributed by atoms with E-state index in [2.05, 4.69) is 41.8 Å². The number of quaternary nitrogens is 2. The number of unbranched alkanes of at least 4 members (excludes halogenated alkanes) is 11. The molecule has 2 unspecified atom stereocenters. The van der Waals surface area contributed by atoms with Crippen LogP contribution in [0.15, 0.2) is 0 Å². The lowest BCUT2D eigenvalue weighted by Gasteiger charge is -2.33. The summed E-state index contributed by atoms with van der Waals surface area (Å²) >= 11 is 0. The third-order valence-corrected chi connectivity index (χ3v) is 7.20. The molecule has 0 fully saturated rings. The summed E-state index contributed by atoms with van der Waals surface area (Å²) in [5, 5.41) is 0. The molecule has 0 aliphatic rings. The van der Waals surface area contributed by atoms with E-state index in [4.69, 9.17) is 0 Å². The molecule has 2 heteroatoms. The van der Waals surface area contributed by atoms with Crippen LogP contribution in [0, 0.1) is 0 Å². The van der Waals surface area contributed by atoms with Crippen LogP contribution >= 0.6 is 0 Å². The SMILES string of the molecule is CCC[N+](C)(CC)CCCCCCCCCCCCCC[N+](C)(CC)CCC. The van der Waals surface area contributed by atoms with Gasteiger partial charge < -0.3 is 8.97 Å². The van der Waals surface area contributed by atoms with Crippen LogP contribution in [0.4, 0.5) is 0 Å². The lowest BCUT2D eigenvalue weighted by molar-refractivity contribution is -0.908. The van der Waals surface area contributed by atoms with E-state index in [1.807, 2.05) is 0 Å². The van der Waals surface area contributed by atoms with E-state index in [1.165, 1.54) is 138 Å². The Bertz CT molecular complexity index is 298. The van der Waals surface area contributed by atoms with E-state index in [9.17, 15) is 0 Å². The molecular weight excluding hydrogens is 340 g/mol. The second-order valence-electron chi connectivity index (χ2n) is 10.0. The lowest BCUT2D eigenvalue weighted by Crippen LogP contribution is -2.45. The number of nitrogens with zero attached hydrogens (tertiary/aromatic N) is 2. The Labute approximate surface area is 180 Å². The molecule has 0 rings (SSSR count). The topological polar surface area (TPSA) is 0 Å².